The van der Waals surface area contributed by atoms with Gasteiger partial charge in [-0.15, -0.1) is 0 Å². The molecular formula is C17H22N2O. The third-order valence-electron chi connectivity index (χ3n) is 4.40. The largest absolute Gasteiger partial charge is 0.489 e. The highest BCUT2D eigenvalue weighted by Crippen LogP contribution is 2.34. The predicted molar refractivity (Wildman–Crippen MR) is 82.8 cm³/mol. The molecule has 3 rings (SSSR count). The number of nitrogens with two attached hydrogens (primary N) is 1. The van der Waals surface area contributed by atoms with Gasteiger partial charge in [-0.1, -0.05) is 19.4 Å². The Hall–Kier alpha value is -1.77. The summed E-state index contributed by atoms with van der Waals surface area (Å²) in [6.45, 7) is 2.26. The maximum absolute atomic E-state index is 6.33. The van der Waals surface area contributed by atoms with Crippen LogP contribution in [0.15, 0.2) is 30.5 Å². The number of anilines is 1. The van der Waals surface area contributed by atoms with Gasteiger partial charge in [-0.2, -0.15) is 0 Å². The molecule has 0 bridgehead atoms. The Morgan fingerprint density at radius 3 is 2.95 bits per heavy atom. The Kier molecular flexibility index (Phi) is 3.77. The van der Waals surface area contributed by atoms with E-state index in [1.165, 1.54) is 25.7 Å². The summed E-state index contributed by atoms with van der Waals surface area (Å²) in [6.07, 6.45) is 8.36. The molecule has 3 heteroatoms. The molecule has 0 radical (unpaired) electrons. The van der Waals surface area contributed by atoms with E-state index in [4.69, 9.17) is 10.5 Å². The molecule has 1 saturated carbocycles. The molecule has 0 amide bonds. The SMILES string of the molecule is CCC1CCCCC1Oc1ccnc2c(N)cccc12. The van der Waals surface area contributed by atoms with Crippen molar-refractivity contribution in [1.29, 1.82) is 0 Å². The first-order valence-corrected chi connectivity index (χ1v) is 7.59. The first-order valence-electron chi connectivity index (χ1n) is 7.59. The van der Waals surface area contributed by atoms with Crippen LogP contribution in [0, 0.1) is 5.92 Å². The fourth-order valence-corrected chi connectivity index (χ4v) is 3.24. The average molecular weight is 270 g/mol. The Labute approximate surface area is 120 Å². The smallest absolute Gasteiger partial charge is 0.130 e. The van der Waals surface area contributed by atoms with E-state index in [-0.39, 0.29) is 0 Å². The molecule has 1 aromatic carbocycles. The van der Waals surface area contributed by atoms with Crippen molar-refractivity contribution >= 4 is 16.6 Å². The molecule has 1 aliphatic carbocycles. The summed E-state index contributed by atoms with van der Waals surface area (Å²) in [4.78, 5) is 4.37. The summed E-state index contributed by atoms with van der Waals surface area (Å²) in [6, 6.07) is 7.85. The Morgan fingerprint density at radius 2 is 2.10 bits per heavy atom. The maximum Gasteiger partial charge on any atom is 0.130 e. The Bertz CT molecular complexity index is 597. The zero-order valence-electron chi connectivity index (χ0n) is 12.0. The molecule has 2 aromatic rings. The van der Waals surface area contributed by atoms with Gasteiger partial charge >= 0.3 is 0 Å². The average Bonchev–Trinajstić information content (AvgIpc) is 2.49. The van der Waals surface area contributed by atoms with E-state index in [0.717, 1.165) is 23.1 Å². The van der Waals surface area contributed by atoms with Crippen LogP contribution in [0.5, 0.6) is 5.75 Å². The van der Waals surface area contributed by atoms with Crippen molar-refractivity contribution in [3.8, 4) is 5.75 Å². The van der Waals surface area contributed by atoms with Crippen molar-refractivity contribution in [1.82, 2.24) is 4.98 Å². The second-order valence-electron chi connectivity index (χ2n) is 5.66. The summed E-state index contributed by atoms with van der Waals surface area (Å²) in [5, 5.41) is 1.02. The fourth-order valence-electron chi connectivity index (χ4n) is 3.24. The standard InChI is InChI=1S/C17H22N2O/c1-2-12-6-3-4-9-15(12)20-16-10-11-19-17-13(16)7-5-8-14(17)18/h5,7-8,10-12,15H,2-4,6,9,18H2,1H3. The Balaban J connectivity index is 1.92. The van der Waals surface area contributed by atoms with Gasteiger partial charge in [0.15, 0.2) is 0 Å². The molecule has 1 fully saturated rings. The van der Waals surface area contributed by atoms with E-state index in [1.54, 1.807) is 6.20 Å². The van der Waals surface area contributed by atoms with E-state index in [2.05, 4.69) is 11.9 Å². The normalized spacial score (nSPS) is 22.9. The third-order valence-corrected chi connectivity index (χ3v) is 4.40. The molecule has 20 heavy (non-hydrogen) atoms. The molecule has 2 unspecified atom stereocenters. The zero-order valence-corrected chi connectivity index (χ0v) is 12.0. The molecule has 1 aliphatic rings. The van der Waals surface area contributed by atoms with Crippen molar-refractivity contribution in [2.24, 2.45) is 5.92 Å². The minimum absolute atomic E-state index is 0.334. The van der Waals surface area contributed by atoms with Crippen molar-refractivity contribution in [3.63, 3.8) is 0 Å². The lowest BCUT2D eigenvalue weighted by Gasteiger charge is -2.31. The highest BCUT2D eigenvalue weighted by Gasteiger charge is 2.25. The van der Waals surface area contributed by atoms with E-state index in [9.17, 15) is 0 Å². The van der Waals surface area contributed by atoms with Gasteiger partial charge in [0.25, 0.3) is 0 Å². The predicted octanol–water partition coefficient (Wildman–Crippen LogP) is 4.16. The molecule has 2 atom stereocenters. The van der Waals surface area contributed by atoms with Crippen molar-refractivity contribution in [2.75, 3.05) is 5.73 Å². The van der Waals surface area contributed by atoms with Crippen LogP contribution in [0.2, 0.25) is 0 Å². The van der Waals surface area contributed by atoms with Crippen LogP contribution in [0.4, 0.5) is 5.69 Å². The van der Waals surface area contributed by atoms with E-state index in [0.29, 0.717) is 17.7 Å². The molecule has 0 aliphatic heterocycles. The highest BCUT2D eigenvalue weighted by atomic mass is 16.5. The number of ether oxygens (including phenoxy) is 1. The summed E-state index contributed by atoms with van der Waals surface area (Å²) >= 11 is 0. The number of para-hydroxylation sites is 1. The topological polar surface area (TPSA) is 48.1 Å². The van der Waals surface area contributed by atoms with Crippen LogP contribution >= 0.6 is 0 Å². The van der Waals surface area contributed by atoms with Crippen LogP contribution in [0.1, 0.15) is 39.0 Å². The van der Waals surface area contributed by atoms with E-state index < -0.39 is 0 Å². The first-order chi connectivity index (χ1) is 9.79. The number of fused-ring (bicyclic) bond motifs is 1. The minimum atomic E-state index is 0.334. The molecule has 3 nitrogen and oxygen atoms in total. The second kappa shape index (κ2) is 5.70. The number of benzene rings is 1. The summed E-state index contributed by atoms with van der Waals surface area (Å²) in [5.74, 6) is 1.60. The number of hydrogen-bond acceptors (Lipinski definition) is 3. The number of aromatic nitrogens is 1. The van der Waals surface area contributed by atoms with Crippen LogP contribution in [0.3, 0.4) is 0 Å². The number of hydrogen-bond donors (Lipinski definition) is 1. The molecular weight excluding hydrogens is 248 g/mol. The van der Waals surface area contributed by atoms with Gasteiger partial charge < -0.3 is 10.5 Å². The van der Waals surface area contributed by atoms with Gasteiger partial charge in [0.05, 0.1) is 11.2 Å². The van der Waals surface area contributed by atoms with Gasteiger partial charge in [0.2, 0.25) is 0 Å². The van der Waals surface area contributed by atoms with Crippen molar-refractivity contribution in [3.05, 3.63) is 30.5 Å². The second-order valence-corrected chi connectivity index (χ2v) is 5.66. The van der Waals surface area contributed by atoms with Crippen molar-refractivity contribution in [2.45, 2.75) is 45.1 Å². The van der Waals surface area contributed by atoms with Crippen LogP contribution < -0.4 is 10.5 Å². The quantitative estimate of drug-likeness (QED) is 0.852. The number of pyridine rings is 1. The summed E-state index contributed by atoms with van der Waals surface area (Å²) < 4.78 is 6.33. The van der Waals surface area contributed by atoms with Crippen LogP contribution in [-0.2, 0) is 0 Å². The number of nitrogens with zero attached hydrogens (tertiary/aromatic N) is 1. The molecule has 0 saturated heterocycles. The molecule has 0 spiro atoms. The summed E-state index contributed by atoms with van der Waals surface area (Å²) in [7, 11) is 0. The van der Waals surface area contributed by atoms with Gasteiger partial charge in [-0.3, -0.25) is 4.98 Å². The lowest BCUT2D eigenvalue weighted by atomic mass is 9.85. The van der Waals surface area contributed by atoms with Gasteiger partial charge in [-0.25, -0.2) is 0 Å². The Morgan fingerprint density at radius 1 is 1.25 bits per heavy atom. The highest BCUT2D eigenvalue weighted by molar-refractivity contribution is 5.93. The fraction of sp³-hybridized carbons (Fsp3) is 0.471. The zero-order chi connectivity index (χ0) is 13.9. The number of nitrogen functional groups attached to an aromatic ring is 1. The van der Waals surface area contributed by atoms with E-state index >= 15 is 0 Å². The first kappa shape index (κ1) is 13.2. The lowest BCUT2D eigenvalue weighted by Crippen LogP contribution is -2.29. The lowest BCUT2D eigenvalue weighted by molar-refractivity contribution is 0.0918. The van der Waals surface area contributed by atoms with Crippen molar-refractivity contribution < 1.29 is 4.74 Å². The minimum Gasteiger partial charge on any atom is -0.489 e. The maximum atomic E-state index is 6.33. The molecule has 2 N–H and O–H groups in total. The van der Waals surface area contributed by atoms with Crippen LogP contribution in [-0.4, -0.2) is 11.1 Å². The molecule has 106 valence electrons. The molecule has 1 aromatic heterocycles. The monoisotopic (exact) mass is 270 g/mol. The van der Waals surface area contributed by atoms with Gasteiger partial charge in [-0.05, 0) is 49.8 Å². The third kappa shape index (κ3) is 2.45. The number of rotatable bonds is 3. The van der Waals surface area contributed by atoms with Gasteiger partial charge in [0, 0.05) is 11.6 Å². The van der Waals surface area contributed by atoms with E-state index in [1.807, 2.05) is 24.3 Å². The van der Waals surface area contributed by atoms with Crippen LogP contribution in [0.25, 0.3) is 10.9 Å². The summed E-state index contributed by atoms with van der Waals surface area (Å²) in [5.41, 5.74) is 7.55. The molecule has 1 heterocycles. The van der Waals surface area contributed by atoms with Gasteiger partial charge in [0.1, 0.15) is 11.9 Å².